The van der Waals surface area contributed by atoms with Gasteiger partial charge in [0, 0.05) is 21.1 Å². The Bertz CT molecular complexity index is 670. The number of urea groups is 1. The van der Waals surface area contributed by atoms with Crippen LogP contribution in [0.25, 0.3) is 0 Å². The number of carboxylic acid groups (broad SMARTS) is 1. The van der Waals surface area contributed by atoms with Crippen LogP contribution >= 0.6 is 34.5 Å². The van der Waals surface area contributed by atoms with Crippen LogP contribution < -0.4 is 10.6 Å². The van der Waals surface area contributed by atoms with Gasteiger partial charge in [-0.3, -0.25) is 10.1 Å². The number of aromatic nitrogens is 1. The first kappa shape index (κ1) is 15.6. The van der Waals surface area contributed by atoms with Gasteiger partial charge in [0.1, 0.15) is 0 Å². The lowest BCUT2D eigenvalue weighted by atomic mass is 10.3. The summed E-state index contributed by atoms with van der Waals surface area (Å²) in [7, 11) is 0. The normalized spacial score (nSPS) is 10.2. The number of anilines is 2. The van der Waals surface area contributed by atoms with Crippen LogP contribution in [0.3, 0.4) is 0 Å². The Hall–Kier alpha value is -1.83. The first-order chi connectivity index (χ1) is 9.92. The van der Waals surface area contributed by atoms with Crippen LogP contribution in [0.4, 0.5) is 15.6 Å². The van der Waals surface area contributed by atoms with Gasteiger partial charge in [-0.2, -0.15) is 0 Å². The Morgan fingerprint density at radius 1 is 1.19 bits per heavy atom. The lowest BCUT2D eigenvalue weighted by Crippen LogP contribution is -2.19. The second-order valence-corrected chi connectivity index (χ2v) is 5.68. The van der Waals surface area contributed by atoms with Crippen molar-refractivity contribution in [2.24, 2.45) is 0 Å². The molecule has 1 aromatic heterocycles. The molecular formula is C12H9Cl2N3O3S. The minimum atomic E-state index is -0.982. The van der Waals surface area contributed by atoms with Gasteiger partial charge in [-0.15, -0.1) is 11.3 Å². The number of carbonyl (C=O) groups is 2. The van der Waals surface area contributed by atoms with E-state index in [0.29, 0.717) is 26.6 Å². The van der Waals surface area contributed by atoms with E-state index in [9.17, 15) is 9.59 Å². The first-order valence-electron chi connectivity index (χ1n) is 5.62. The summed E-state index contributed by atoms with van der Waals surface area (Å²) in [5.74, 6) is -0.982. The van der Waals surface area contributed by atoms with E-state index in [1.165, 1.54) is 0 Å². The number of rotatable bonds is 4. The van der Waals surface area contributed by atoms with Crippen LogP contribution in [0.15, 0.2) is 23.6 Å². The molecule has 0 bridgehead atoms. The Balaban J connectivity index is 1.98. The lowest BCUT2D eigenvalue weighted by Gasteiger charge is -2.06. The van der Waals surface area contributed by atoms with Crippen LogP contribution in [-0.4, -0.2) is 22.1 Å². The molecule has 0 aliphatic heterocycles. The van der Waals surface area contributed by atoms with Crippen molar-refractivity contribution in [1.29, 1.82) is 0 Å². The summed E-state index contributed by atoms with van der Waals surface area (Å²) in [6.07, 6.45) is -0.191. The molecule has 1 heterocycles. The average molecular weight is 346 g/mol. The predicted molar refractivity (Wildman–Crippen MR) is 82.6 cm³/mol. The SMILES string of the molecule is O=C(O)Cc1csc(NC(=O)Nc2cc(Cl)cc(Cl)c2)n1. The number of hydrogen-bond donors (Lipinski definition) is 3. The number of carboxylic acids is 1. The van der Waals surface area contributed by atoms with Crippen LogP contribution in [0, 0.1) is 0 Å². The molecule has 0 saturated heterocycles. The fourth-order valence-corrected chi connectivity index (χ4v) is 2.72. The molecule has 6 nitrogen and oxygen atoms in total. The fraction of sp³-hybridized carbons (Fsp3) is 0.0833. The molecule has 0 atom stereocenters. The molecule has 0 unspecified atom stereocenters. The van der Waals surface area contributed by atoms with Crippen LogP contribution in [-0.2, 0) is 11.2 Å². The molecule has 0 aliphatic rings. The first-order valence-corrected chi connectivity index (χ1v) is 7.26. The summed E-state index contributed by atoms with van der Waals surface area (Å²) in [5, 5.41) is 16.4. The topological polar surface area (TPSA) is 91.3 Å². The number of nitrogens with zero attached hydrogens (tertiary/aromatic N) is 1. The highest BCUT2D eigenvalue weighted by molar-refractivity contribution is 7.14. The van der Waals surface area contributed by atoms with Crippen molar-refractivity contribution in [1.82, 2.24) is 4.98 Å². The number of halogens is 2. The van der Waals surface area contributed by atoms with E-state index in [1.807, 2.05) is 0 Å². The molecule has 0 radical (unpaired) electrons. The van der Waals surface area contributed by atoms with E-state index >= 15 is 0 Å². The van der Waals surface area contributed by atoms with Crippen molar-refractivity contribution in [3.63, 3.8) is 0 Å². The van der Waals surface area contributed by atoms with Gasteiger partial charge in [0.15, 0.2) is 5.13 Å². The summed E-state index contributed by atoms with van der Waals surface area (Å²) < 4.78 is 0. The van der Waals surface area contributed by atoms with E-state index in [4.69, 9.17) is 28.3 Å². The minimum Gasteiger partial charge on any atom is -0.481 e. The highest BCUT2D eigenvalue weighted by Gasteiger charge is 2.09. The molecule has 2 aromatic rings. The molecule has 2 amide bonds. The zero-order valence-electron chi connectivity index (χ0n) is 10.4. The number of hydrogen-bond acceptors (Lipinski definition) is 4. The number of aliphatic carboxylic acids is 1. The van der Waals surface area contributed by atoms with Crippen molar-refractivity contribution in [3.8, 4) is 0 Å². The monoisotopic (exact) mass is 345 g/mol. The zero-order chi connectivity index (χ0) is 15.4. The lowest BCUT2D eigenvalue weighted by molar-refractivity contribution is -0.136. The van der Waals surface area contributed by atoms with Gasteiger partial charge >= 0.3 is 12.0 Å². The number of amides is 2. The van der Waals surface area contributed by atoms with E-state index in [2.05, 4.69) is 15.6 Å². The number of benzene rings is 1. The van der Waals surface area contributed by atoms with E-state index in [-0.39, 0.29) is 6.42 Å². The Morgan fingerprint density at radius 3 is 2.48 bits per heavy atom. The Labute approximate surface area is 133 Å². The Kier molecular flexibility index (Phi) is 5.00. The fourth-order valence-electron chi connectivity index (χ4n) is 1.49. The van der Waals surface area contributed by atoms with Crippen molar-refractivity contribution in [2.45, 2.75) is 6.42 Å². The summed E-state index contributed by atoms with van der Waals surface area (Å²) >= 11 is 12.8. The van der Waals surface area contributed by atoms with Gasteiger partial charge in [-0.05, 0) is 18.2 Å². The second kappa shape index (κ2) is 6.75. The molecule has 0 saturated carbocycles. The van der Waals surface area contributed by atoms with Crippen LogP contribution in [0.1, 0.15) is 5.69 Å². The standard InChI is InChI=1S/C12H9Cl2N3O3S/c13-6-1-7(14)3-8(2-6)15-11(20)17-12-16-9(5-21-12)4-10(18)19/h1-3,5H,4H2,(H,18,19)(H2,15,16,17,20). The Morgan fingerprint density at radius 2 is 1.86 bits per heavy atom. The van der Waals surface area contributed by atoms with Gasteiger partial charge in [0.05, 0.1) is 12.1 Å². The summed E-state index contributed by atoms with van der Waals surface area (Å²) in [6, 6.07) is 4.12. The van der Waals surface area contributed by atoms with Gasteiger partial charge in [0.2, 0.25) is 0 Å². The van der Waals surface area contributed by atoms with E-state index in [0.717, 1.165) is 11.3 Å². The molecule has 0 aliphatic carbocycles. The van der Waals surface area contributed by atoms with E-state index in [1.54, 1.807) is 23.6 Å². The van der Waals surface area contributed by atoms with Crippen LogP contribution in [0.2, 0.25) is 10.0 Å². The molecule has 1 aromatic carbocycles. The van der Waals surface area contributed by atoms with Crippen molar-refractivity contribution < 1.29 is 14.7 Å². The number of thiazole rings is 1. The maximum atomic E-state index is 11.8. The molecule has 9 heteroatoms. The number of carbonyl (C=O) groups excluding carboxylic acids is 1. The second-order valence-electron chi connectivity index (χ2n) is 3.95. The maximum Gasteiger partial charge on any atom is 0.325 e. The predicted octanol–water partition coefficient (Wildman–Crippen LogP) is 3.72. The van der Waals surface area contributed by atoms with Gasteiger partial charge < -0.3 is 10.4 Å². The highest BCUT2D eigenvalue weighted by atomic mass is 35.5. The summed E-state index contributed by atoms with van der Waals surface area (Å²) in [4.78, 5) is 26.3. The van der Waals surface area contributed by atoms with Crippen molar-refractivity contribution in [3.05, 3.63) is 39.3 Å². The van der Waals surface area contributed by atoms with Crippen molar-refractivity contribution >= 4 is 57.4 Å². The molecule has 110 valence electrons. The smallest absolute Gasteiger partial charge is 0.325 e. The van der Waals surface area contributed by atoms with Gasteiger partial charge in [-0.25, -0.2) is 9.78 Å². The number of nitrogens with one attached hydrogen (secondary N) is 2. The molecule has 21 heavy (non-hydrogen) atoms. The van der Waals surface area contributed by atoms with Crippen LogP contribution in [0.5, 0.6) is 0 Å². The largest absolute Gasteiger partial charge is 0.481 e. The molecule has 0 fully saturated rings. The molecule has 3 N–H and O–H groups in total. The highest BCUT2D eigenvalue weighted by Crippen LogP contribution is 2.23. The van der Waals surface area contributed by atoms with Crippen molar-refractivity contribution in [2.75, 3.05) is 10.6 Å². The minimum absolute atomic E-state index is 0.191. The average Bonchev–Trinajstić information content (AvgIpc) is 2.73. The van der Waals surface area contributed by atoms with Gasteiger partial charge in [-0.1, -0.05) is 23.2 Å². The third-order valence-electron chi connectivity index (χ3n) is 2.22. The maximum absolute atomic E-state index is 11.8. The molecule has 2 rings (SSSR count). The third-order valence-corrected chi connectivity index (χ3v) is 3.47. The zero-order valence-corrected chi connectivity index (χ0v) is 12.7. The summed E-state index contributed by atoms with van der Waals surface area (Å²) in [5.41, 5.74) is 0.820. The quantitative estimate of drug-likeness (QED) is 0.787. The third kappa shape index (κ3) is 4.89. The van der Waals surface area contributed by atoms with Gasteiger partial charge in [0.25, 0.3) is 0 Å². The van der Waals surface area contributed by atoms with E-state index < -0.39 is 12.0 Å². The molecule has 0 spiro atoms. The summed E-state index contributed by atoms with van der Waals surface area (Å²) in [6.45, 7) is 0. The molecular weight excluding hydrogens is 337 g/mol.